The number of aliphatic hydroxyl groups excluding tert-OH is 1. The van der Waals surface area contributed by atoms with Crippen molar-refractivity contribution in [3.8, 4) is 11.1 Å². The van der Waals surface area contributed by atoms with Crippen molar-refractivity contribution in [3.05, 3.63) is 58.3 Å². The molecule has 0 bridgehead atoms. The van der Waals surface area contributed by atoms with Gasteiger partial charge in [-0.05, 0) is 50.4 Å². The summed E-state index contributed by atoms with van der Waals surface area (Å²) >= 11 is 0. The van der Waals surface area contributed by atoms with E-state index < -0.39 is 5.82 Å². The van der Waals surface area contributed by atoms with E-state index in [0.717, 1.165) is 51.0 Å². The van der Waals surface area contributed by atoms with Crippen molar-refractivity contribution in [2.24, 2.45) is 11.8 Å². The van der Waals surface area contributed by atoms with Gasteiger partial charge in [0.25, 0.3) is 5.56 Å². The Morgan fingerprint density at radius 2 is 1.85 bits per heavy atom. The van der Waals surface area contributed by atoms with E-state index in [9.17, 15) is 19.1 Å². The molecule has 3 aliphatic heterocycles. The van der Waals surface area contributed by atoms with E-state index in [2.05, 4.69) is 11.8 Å². The Bertz CT molecular complexity index is 1090. The summed E-state index contributed by atoms with van der Waals surface area (Å²) in [4.78, 5) is 31.2. The lowest BCUT2D eigenvalue weighted by atomic mass is 9.88. The third-order valence-corrected chi connectivity index (χ3v) is 7.76. The summed E-state index contributed by atoms with van der Waals surface area (Å²) in [5.74, 6) is -0.550. The quantitative estimate of drug-likeness (QED) is 0.756. The molecule has 0 aliphatic carbocycles. The van der Waals surface area contributed by atoms with Gasteiger partial charge in [0.15, 0.2) is 0 Å². The number of carbonyl (C=O) groups is 1. The maximum Gasteiger partial charge on any atom is 0.258 e. The van der Waals surface area contributed by atoms with Crippen molar-refractivity contribution in [3.63, 3.8) is 0 Å². The maximum absolute atomic E-state index is 14.4. The van der Waals surface area contributed by atoms with E-state index in [1.54, 1.807) is 28.8 Å². The summed E-state index contributed by atoms with van der Waals surface area (Å²) in [6.45, 7) is 4.73. The second-order valence-corrected chi connectivity index (χ2v) is 9.59. The fourth-order valence-corrected chi connectivity index (χ4v) is 6.29. The molecule has 1 aromatic heterocycles. The molecule has 4 atom stereocenters. The third kappa shape index (κ3) is 3.62. The van der Waals surface area contributed by atoms with Crippen molar-refractivity contribution in [2.45, 2.75) is 51.2 Å². The number of rotatable bonds is 5. The van der Waals surface area contributed by atoms with Crippen LogP contribution in [0.2, 0.25) is 0 Å². The number of likely N-dealkylation sites (tertiary alicyclic amines) is 2. The number of piperidine rings is 1. The van der Waals surface area contributed by atoms with E-state index in [4.69, 9.17) is 0 Å². The van der Waals surface area contributed by atoms with Gasteiger partial charge in [-0.15, -0.1) is 0 Å². The van der Waals surface area contributed by atoms with Crippen molar-refractivity contribution in [1.82, 2.24) is 14.4 Å². The minimum atomic E-state index is -0.415. The molecule has 2 aromatic rings. The fraction of sp³-hybridized carbons (Fsp3) is 0.538. The fourth-order valence-electron chi connectivity index (χ4n) is 6.29. The summed E-state index contributed by atoms with van der Waals surface area (Å²) in [6, 6.07) is 9.51. The molecule has 1 amide bonds. The molecule has 6 nitrogen and oxygen atoms in total. The lowest BCUT2D eigenvalue weighted by Crippen LogP contribution is -2.51. The maximum atomic E-state index is 14.4. The number of benzene rings is 1. The molecule has 4 heterocycles. The van der Waals surface area contributed by atoms with Crippen molar-refractivity contribution < 1.29 is 14.3 Å². The number of halogens is 1. The van der Waals surface area contributed by atoms with E-state index in [1.165, 1.54) is 6.07 Å². The number of aliphatic hydroxyl groups is 1. The van der Waals surface area contributed by atoms with Crippen molar-refractivity contribution in [1.29, 1.82) is 0 Å². The Hall–Kier alpha value is -2.51. The summed E-state index contributed by atoms with van der Waals surface area (Å²) < 4.78 is 16.1. The standard InChI is InChI=1S/C26H32FN3O3/c1-2-12-29-23-19(20(16-31)24(29)26(33)28-13-6-3-7-14-28)15-30-22(23)11-10-18(25(30)32)17-8-4-5-9-21(17)27/h4-5,8-11,19-20,23-24,31H,2-3,6-7,12-16H2,1H3/t19-,20-,23+,24-/m1/s1. The lowest BCUT2D eigenvalue weighted by Gasteiger charge is -2.36. The Kier molecular flexibility index (Phi) is 6.10. The van der Waals surface area contributed by atoms with Crippen molar-refractivity contribution in [2.75, 3.05) is 26.2 Å². The normalized spacial score (nSPS) is 26.9. The zero-order valence-corrected chi connectivity index (χ0v) is 19.1. The molecule has 3 aliphatic rings. The highest BCUT2D eigenvalue weighted by Gasteiger charge is 2.55. The van der Waals surface area contributed by atoms with Gasteiger partial charge in [-0.1, -0.05) is 25.1 Å². The summed E-state index contributed by atoms with van der Waals surface area (Å²) in [6.07, 6.45) is 4.09. The molecule has 2 fully saturated rings. The minimum absolute atomic E-state index is 0.0242. The molecule has 5 rings (SSSR count). The molecule has 33 heavy (non-hydrogen) atoms. The predicted octanol–water partition coefficient (Wildman–Crippen LogP) is 3.04. The largest absolute Gasteiger partial charge is 0.396 e. The Morgan fingerprint density at radius 3 is 2.55 bits per heavy atom. The molecule has 2 saturated heterocycles. The van der Waals surface area contributed by atoms with Crippen LogP contribution in [0.5, 0.6) is 0 Å². The van der Waals surface area contributed by atoms with Crippen LogP contribution in [0.4, 0.5) is 4.39 Å². The highest BCUT2D eigenvalue weighted by molar-refractivity contribution is 5.83. The van der Waals surface area contributed by atoms with Crippen LogP contribution in [-0.4, -0.2) is 57.7 Å². The second kappa shape index (κ2) is 9.03. The number of fused-ring (bicyclic) bond motifs is 3. The first-order valence-electron chi connectivity index (χ1n) is 12.2. The molecule has 7 heteroatoms. The SMILES string of the molecule is CCCN1[C@@H]2c3ccc(-c4ccccc4F)c(=O)n3C[C@@H]2[C@@H](CO)[C@@H]1C(=O)N1CCCCC1. The molecule has 176 valence electrons. The highest BCUT2D eigenvalue weighted by atomic mass is 19.1. The Balaban J connectivity index is 1.54. The second-order valence-electron chi connectivity index (χ2n) is 9.59. The van der Waals surface area contributed by atoms with Gasteiger partial charge in [0.05, 0.1) is 17.6 Å². The van der Waals surface area contributed by atoms with Gasteiger partial charge in [-0.2, -0.15) is 0 Å². The predicted molar refractivity (Wildman–Crippen MR) is 124 cm³/mol. The molecule has 0 spiro atoms. The zero-order chi connectivity index (χ0) is 23.1. The van der Waals surface area contributed by atoms with Gasteiger partial charge >= 0.3 is 0 Å². The first kappa shape index (κ1) is 22.3. The van der Waals surface area contributed by atoms with Crippen LogP contribution in [0, 0.1) is 17.7 Å². The van der Waals surface area contributed by atoms with E-state index in [-0.39, 0.29) is 42.0 Å². The molecular formula is C26H32FN3O3. The lowest BCUT2D eigenvalue weighted by molar-refractivity contribution is -0.139. The van der Waals surface area contributed by atoms with Gasteiger partial charge in [-0.3, -0.25) is 14.5 Å². The zero-order valence-electron chi connectivity index (χ0n) is 19.1. The Morgan fingerprint density at radius 1 is 1.09 bits per heavy atom. The summed E-state index contributed by atoms with van der Waals surface area (Å²) in [5, 5.41) is 10.4. The summed E-state index contributed by atoms with van der Waals surface area (Å²) in [7, 11) is 0. The number of hydrogen-bond acceptors (Lipinski definition) is 4. The summed E-state index contributed by atoms with van der Waals surface area (Å²) in [5.41, 5.74) is 1.31. The number of hydrogen-bond donors (Lipinski definition) is 1. The topological polar surface area (TPSA) is 65.8 Å². The van der Waals surface area contributed by atoms with Gasteiger partial charge in [-0.25, -0.2) is 4.39 Å². The van der Waals surface area contributed by atoms with Crippen LogP contribution in [0.1, 0.15) is 44.3 Å². The van der Waals surface area contributed by atoms with E-state index >= 15 is 0 Å². The van der Waals surface area contributed by atoms with Gasteiger partial charge in [0.1, 0.15) is 5.82 Å². The van der Waals surface area contributed by atoms with Crippen LogP contribution in [0.25, 0.3) is 11.1 Å². The van der Waals surface area contributed by atoms with E-state index in [0.29, 0.717) is 17.7 Å². The molecule has 0 unspecified atom stereocenters. The van der Waals surface area contributed by atoms with Crippen LogP contribution in [-0.2, 0) is 11.3 Å². The highest BCUT2D eigenvalue weighted by Crippen LogP contribution is 2.49. The Labute approximate surface area is 193 Å². The first-order valence-corrected chi connectivity index (χ1v) is 12.2. The van der Waals surface area contributed by atoms with Crippen molar-refractivity contribution >= 4 is 5.91 Å². The molecule has 0 radical (unpaired) electrons. The van der Waals surface area contributed by atoms with Gasteiger partial charge in [0, 0.05) is 49.3 Å². The van der Waals surface area contributed by atoms with Crippen LogP contribution >= 0.6 is 0 Å². The van der Waals surface area contributed by atoms with Crippen LogP contribution in [0.3, 0.4) is 0 Å². The third-order valence-electron chi connectivity index (χ3n) is 7.76. The van der Waals surface area contributed by atoms with Gasteiger partial charge in [0.2, 0.25) is 5.91 Å². The molecule has 0 saturated carbocycles. The van der Waals surface area contributed by atoms with Crippen LogP contribution in [0.15, 0.2) is 41.2 Å². The molecular weight excluding hydrogens is 421 g/mol. The van der Waals surface area contributed by atoms with E-state index in [1.807, 2.05) is 11.0 Å². The average Bonchev–Trinajstić information content (AvgIpc) is 3.36. The minimum Gasteiger partial charge on any atom is -0.396 e. The number of amides is 1. The average molecular weight is 454 g/mol. The molecule has 1 N–H and O–H groups in total. The number of aromatic nitrogens is 1. The molecule has 1 aromatic carbocycles. The van der Waals surface area contributed by atoms with Gasteiger partial charge < -0.3 is 14.6 Å². The number of carbonyl (C=O) groups excluding carboxylic acids is 1. The van der Waals surface area contributed by atoms with Crippen LogP contribution < -0.4 is 5.56 Å². The number of pyridine rings is 1. The first-order chi connectivity index (χ1) is 16.1. The smallest absolute Gasteiger partial charge is 0.258 e. The number of nitrogens with zero attached hydrogens (tertiary/aromatic N) is 3. The monoisotopic (exact) mass is 453 g/mol.